The van der Waals surface area contributed by atoms with Gasteiger partial charge in [-0.05, 0) is 43.4 Å². The van der Waals surface area contributed by atoms with E-state index in [4.69, 9.17) is 9.47 Å². The van der Waals surface area contributed by atoms with E-state index in [-0.39, 0.29) is 6.61 Å². The highest BCUT2D eigenvalue weighted by atomic mass is 16.7. The molecule has 0 spiro atoms. The van der Waals surface area contributed by atoms with Gasteiger partial charge in [-0.15, -0.1) is 0 Å². The lowest BCUT2D eigenvalue weighted by Gasteiger charge is -2.16. The van der Waals surface area contributed by atoms with Crippen LogP contribution in [0.5, 0.6) is 0 Å². The summed E-state index contributed by atoms with van der Waals surface area (Å²) in [6.45, 7) is 2.23. The van der Waals surface area contributed by atoms with Gasteiger partial charge >= 0.3 is 6.16 Å². The van der Waals surface area contributed by atoms with Gasteiger partial charge in [-0.3, -0.25) is 0 Å². The lowest BCUT2D eigenvalue weighted by molar-refractivity contribution is 0.0821. The van der Waals surface area contributed by atoms with E-state index in [0.29, 0.717) is 0 Å². The maximum atomic E-state index is 11.6. The molecule has 1 aromatic carbocycles. The van der Waals surface area contributed by atoms with E-state index in [2.05, 4.69) is 0 Å². The number of ether oxygens (including phenoxy) is 2. The molecule has 2 rings (SSSR count). The molecule has 1 aromatic rings. The largest absolute Gasteiger partial charge is 0.513 e. The number of carbonyl (C=O) groups excluding carboxylic acids is 1. The van der Waals surface area contributed by atoms with E-state index >= 15 is 0 Å². The number of benzene rings is 1. The third-order valence-electron chi connectivity index (χ3n) is 3.30. The quantitative estimate of drug-likeness (QED) is 0.745. The molecule has 0 saturated heterocycles. The van der Waals surface area contributed by atoms with Gasteiger partial charge in [-0.1, -0.05) is 36.4 Å². The van der Waals surface area contributed by atoms with E-state index < -0.39 is 6.16 Å². The van der Waals surface area contributed by atoms with Crippen molar-refractivity contribution in [3.8, 4) is 0 Å². The molecule has 0 aliphatic heterocycles. The molecule has 0 amide bonds. The van der Waals surface area contributed by atoms with Crippen molar-refractivity contribution >= 4 is 12.2 Å². The van der Waals surface area contributed by atoms with Crippen LogP contribution in [-0.4, -0.2) is 12.8 Å². The molecular weight excluding hydrogens is 252 g/mol. The van der Waals surface area contributed by atoms with E-state index in [9.17, 15) is 4.79 Å². The minimum Gasteiger partial charge on any atom is -0.430 e. The Morgan fingerprint density at radius 1 is 1.20 bits per heavy atom. The first-order valence-corrected chi connectivity index (χ1v) is 7.00. The van der Waals surface area contributed by atoms with Crippen molar-refractivity contribution in [3.63, 3.8) is 0 Å². The SMILES string of the molecule is CC1=C(OC(=O)OC/C=C/c2ccccc2)CCCC1. The van der Waals surface area contributed by atoms with Crippen LogP contribution in [0.25, 0.3) is 6.08 Å². The molecule has 0 aromatic heterocycles. The summed E-state index contributed by atoms with van der Waals surface area (Å²) in [5, 5.41) is 0. The lowest BCUT2D eigenvalue weighted by Crippen LogP contribution is -2.10. The van der Waals surface area contributed by atoms with Crippen LogP contribution in [0.1, 0.15) is 38.2 Å². The number of hydrogen-bond donors (Lipinski definition) is 0. The first-order chi connectivity index (χ1) is 9.75. The van der Waals surface area contributed by atoms with Crippen molar-refractivity contribution < 1.29 is 14.3 Å². The van der Waals surface area contributed by atoms with Crippen LogP contribution in [-0.2, 0) is 9.47 Å². The zero-order chi connectivity index (χ0) is 14.2. The minimum absolute atomic E-state index is 0.222. The predicted molar refractivity (Wildman–Crippen MR) is 79.1 cm³/mol. The van der Waals surface area contributed by atoms with Gasteiger partial charge in [-0.2, -0.15) is 0 Å². The van der Waals surface area contributed by atoms with Gasteiger partial charge in [0.25, 0.3) is 0 Å². The Labute approximate surface area is 119 Å². The van der Waals surface area contributed by atoms with Crippen LogP contribution < -0.4 is 0 Å². The summed E-state index contributed by atoms with van der Waals surface area (Å²) in [6, 6.07) is 9.88. The molecule has 3 heteroatoms. The van der Waals surface area contributed by atoms with Gasteiger partial charge in [0.2, 0.25) is 0 Å². The average molecular weight is 272 g/mol. The third-order valence-corrected chi connectivity index (χ3v) is 3.30. The van der Waals surface area contributed by atoms with Crippen LogP contribution in [0.4, 0.5) is 4.79 Å². The Kier molecular flexibility index (Phi) is 5.42. The first kappa shape index (κ1) is 14.4. The molecule has 0 heterocycles. The summed E-state index contributed by atoms with van der Waals surface area (Å²) in [4.78, 5) is 11.6. The van der Waals surface area contributed by atoms with Crippen LogP contribution >= 0.6 is 0 Å². The van der Waals surface area contributed by atoms with Crippen molar-refractivity contribution in [3.05, 3.63) is 53.3 Å². The zero-order valence-electron chi connectivity index (χ0n) is 11.8. The zero-order valence-corrected chi connectivity index (χ0v) is 11.8. The van der Waals surface area contributed by atoms with Gasteiger partial charge in [0.15, 0.2) is 0 Å². The normalized spacial score (nSPS) is 15.4. The molecule has 0 fully saturated rings. The molecular formula is C17H20O3. The van der Waals surface area contributed by atoms with Crippen LogP contribution in [0, 0.1) is 0 Å². The van der Waals surface area contributed by atoms with E-state index in [0.717, 1.165) is 36.2 Å². The van der Waals surface area contributed by atoms with Crippen molar-refractivity contribution in [2.75, 3.05) is 6.61 Å². The maximum Gasteiger partial charge on any atom is 0.513 e. The van der Waals surface area contributed by atoms with Crippen molar-refractivity contribution in [2.45, 2.75) is 32.6 Å². The second kappa shape index (κ2) is 7.53. The molecule has 0 saturated carbocycles. The fourth-order valence-electron chi connectivity index (χ4n) is 2.16. The molecule has 106 valence electrons. The van der Waals surface area contributed by atoms with Crippen molar-refractivity contribution in [2.24, 2.45) is 0 Å². The van der Waals surface area contributed by atoms with Gasteiger partial charge < -0.3 is 9.47 Å². The summed E-state index contributed by atoms with van der Waals surface area (Å²) in [5.41, 5.74) is 2.24. The number of allylic oxidation sites excluding steroid dienone is 2. The van der Waals surface area contributed by atoms with Crippen LogP contribution in [0.3, 0.4) is 0 Å². The monoisotopic (exact) mass is 272 g/mol. The molecule has 0 N–H and O–H groups in total. The maximum absolute atomic E-state index is 11.6. The molecule has 1 aliphatic rings. The highest BCUT2D eigenvalue weighted by Gasteiger charge is 2.14. The average Bonchev–Trinajstić information content (AvgIpc) is 2.47. The summed E-state index contributed by atoms with van der Waals surface area (Å²) < 4.78 is 10.3. The highest BCUT2D eigenvalue weighted by molar-refractivity contribution is 5.62. The fraction of sp³-hybridized carbons (Fsp3) is 0.353. The number of hydrogen-bond acceptors (Lipinski definition) is 3. The number of rotatable bonds is 4. The first-order valence-electron chi connectivity index (χ1n) is 7.00. The Balaban J connectivity index is 1.74. The van der Waals surface area contributed by atoms with Crippen molar-refractivity contribution in [1.29, 1.82) is 0 Å². The van der Waals surface area contributed by atoms with E-state index in [1.165, 1.54) is 6.42 Å². The Morgan fingerprint density at radius 2 is 1.95 bits per heavy atom. The molecule has 3 nitrogen and oxygen atoms in total. The van der Waals surface area contributed by atoms with Gasteiger partial charge in [0.05, 0.1) is 0 Å². The van der Waals surface area contributed by atoms with Gasteiger partial charge in [0, 0.05) is 6.42 Å². The standard InChI is InChI=1S/C17H20O3/c1-14-8-5-6-12-16(14)20-17(18)19-13-7-11-15-9-3-2-4-10-15/h2-4,7,9-11H,5-6,8,12-13H2,1H3/b11-7+. The summed E-state index contributed by atoms with van der Waals surface area (Å²) >= 11 is 0. The molecule has 20 heavy (non-hydrogen) atoms. The Morgan fingerprint density at radius 3 is 2.70 bits per heavy atom. The van der Waals surface area contributed by atoms with E-state index in [1.807, 2.05) is 43.3 Å². The van der Waals surface area contributed by atoms with Gasteiger partial charge in [-0.25, -0.2) is 4.79 Å². The number of carbonyl (C=O) groups is 1. The fourth-order valence-corrected chi connectivity index (χ4v) is 2.16. The summed E-state index contributed by atoms with van der Waals surface area (Å²) in [6.07, 6.45) is 7.20. The Hall–Kier alpha value is -2.03. The molecule has 0 radical (unpaired) electrons. The molecule has 0 unspecified atom stereocenters. The second-order valence-electron chi connectivity index (χ2n) is 4.89. The second-order valence-corrected chi connectivity index (χ2v) is 4.89. The van der Waals surface area contributed by atoms with Crippen LogP contribution in [0.15, 0.2) is 47.7 Å². The van der Waals surface area contributed by atoms with Gasteiger partial charge in [0.1, 0.15) is 12.4 Å². The topological polar surface area (TPSA) is 35.5 Å². The van der Waals surface area contributed by atoms with Crippen LogP contribution in [0.2, 0.25) is 0 Å². The Bertz CT molecular complexity index is 500. The molecule has 1 aliphatic carbocycles. The summed E-state index contributed by atoms with van der Waals surface area (Å²) in [5.74, 6) is 0.785. The summed E-state index contributed by atoms with van der Waals surface area (Å²) in [7, 11) is 0. The third kappa shape index (κ3) is 4.57. The molecule has 0 bridgehead atoms. The van der Waals surface area contributed by atoms with E-state index in [1.54, 1.807) is 6.08 Å². The predicted octanol–water partition coefficient (Wildman–Crippen LogP) is 4.70. The highest BCUT2D eigenvalue weighted by Crippen LogP contribution is 2.25. The van der Waals surface area contributed by atoms with Crippen molar-refractivity contribution in [1.82, 2.24) is 0 Å². The molecule has 0 atom stereocenters. The smallest absolute Gasteiger partial charge is 0.430 e. The lowest BCUT2D eigenvalue weighted by atomic mass is 9.99. The minimum atomic E-state index is -0.612.